The number of carbonyl (C=O) groups excluding carboxylic acids is 1. The number of amides is 1. The van der Waals surface area contributed by atoms with Crippen LogP contribution in [0.25, 0.3) is 11.1 Å². The van der Waals surface area contributed by atoms with Gasteiger partial charge in [-0.15, -0.1) is 0 Å². The summed E-state index contributed by atoms with van der Waals surface area (Å²) in [6, 6.07) is 3.01. The summed E-state index contributed by atoms with van der Waals surface area (Å²) in [7, 11) is -4.11. The summed E-state index contributed by atoms with van der Waals surface area (Å²) in [5.41, 5.74) is -0.386. The Morgan fingerprint density at radius 2 is 1.86 bits per heavy atom. The molecule has 196 valence electrons. The second-order valence-corrected chi connectivity index (χ2v) is 11.0. The molecule has 0 saturated carbocycles. The minimum Gasteiger partial charge on any atom is -0.368 e. The van der Waals surface area contributed by atoms with Gasteiger partial charge in [0.25, 0.3) is 11.8 Å². The Kier molecular flexibility index (Phi) is 7.40. The summed E-state index contributed by atoms with van der Waals surface area (Å²) in [6.07, 6.45) is -0.523. The van der Waals surface area contributed by atoms with Gasteiger partial charge < -0.3 is 9.64 Å². The van der Waals surface area contributed by atoms with E-state index in [1.807, 2.05) is 4.72 Å². The Bertz CT molecular complexity index is 1230. The molecule has 1 N–H and O–H groups in total. The molecular weight excluding hydrogens is 507 g/mol. The molecular formula is C24H25F5N2O4S. The highest BCUT2D eigenvalue weighted by Crippen LogP contribution is 2.37. The number of carbonyl (C=O) groups is 1. The average Bonchev–Trinajstić information content (AvgIpc) is 3.42. The monoisotopic (exact) mass is 532 g/mol. The number of sulfonamides is 1. The molecule has 0 aliphatic carbocycles. The van der Waals surface area contributed by atoms with Crippen molar-refractivity contribution in [1.82, 2.24) is 9.62 Å². The molecule has 2 fully saturated rings. The lowest BCUT2D eigenvalue weighted by Crippen LogP contribution is -2.53. The molecule has 0 unspecified atom stereocenters. The lowest BCUT2D eigenvalue weighted by molar-refractivity contribution is -0.143. The predicted molar refractivity (Wildman–Crippen MR) is 121 cm³/mol. The van der Waals surface area contributed by atoms with Crippen LogP contribution in [0.3, 0.4) is 0 Å². The summed E-state index contributed by atoms with van der Waals surface area (Å²) in [4.78, 5) is 13.9. The van der Waals surface area contributed by atoms with E-state index in [2.05, 4.69) is 0 Å². The maximum atomic E-state index is 15.5. The van der Waals surface area contributed by atoms with Crippen LogP contribution in [0.1, 0.15) is 25.3 Å². The van der Waals surface area contributed by atoms with E-state index in [1.165, 1.54) is 25.1 Å². The standard InChI is InChI=1S/C24H25F5N2O4S/c1-2-36(33,34)30-22-19(31(13-24(22,28)29)23(32)20-7-4-8-35-20)11-14-5-3-6-18(21(14)27)15-9-16(25)12-17(26)10-15/h3,5-6,9-10,12,19-20,22,30H,2,4,7-8,11,13H2,1H3/t19-,20+,22+/m0/s1. The summed E-state index contributed by atoms with van der Waals surface area (Å²) in [5.74, 6) is -7.60. The van der Waals surface area contributed by atoms with E-state index in [9.17, 15) is 22.0 Å². The van der Waals surface area contributed by atoms with Crippen molar-refractivity contribution in [3.8, 4) is 11.1 Å². The molecule has 0 radical (unpaired) electrons. The average molecular weight is 533 g/mol. The van der Waals surface area contributed by atoms with Crippen LogP contribution >= 0.6 is 0 Å². The van der Waals surface area contributed by atoms with E-state index in [-0.39, 0.29) is 23.3 Å². The normalized spacial score (nSPS) is 23.8. The first kappa shape index (κ1) is 26.5. The fourth-order valence-electron chi connectivity index (χ4n) is 4.67. The van der Waals surface area contributed by atoms with Crippen molar-refractivity contribution in [3.63, 3.8) is 0 Å². The van der Waals surface area contributed by atoms with Crippen molar-refractivity contribution in [1.29, 1.82) is 0 Å². The highest BCUT2D eigenvalue weighted by atomic mass is 32.2. The van der Waals surface area contributed by atoms with Gasteiger partial charge in [-0.25, -0.2) is 35.1 Å². The molecule has 0 bridgehead atoms. The third-order valence-electron chi connectivity index (χ3n) is 6.48. The first-order chi connectivity index (χ1) is 16.9. The number of nitrogens with zero attached hydrogens (tertiary/aromatic N) is 1. The first-order valence-electron chi connectivity index (χ1n) is 11.5. The Morgan fingerprint density at radius 1 is 1.17 bits per heavy atom. The third kappa shape index (κ3) is 5.40. The van der Waals surface area contributed by atoms with Crippen LogP contribution in [0, 0.1) is 17.5 Å². The van der Waals surface area contributed by atoms with Crippen LogP contribution in [0.15, 0.2) is 36.4 Å². The lowest BCUT2D eigenvalue weighted by atomic mass is 9.95. The molecule has 12 heteroatoms. The van der Waals surface area contributed by atoms with Gasteiger partial charge in [-0.2, -0.15) is 0 Å². The number of ether oxygens (including phenoxy) is 1. The molecule has 4 rings (SSSR count). The SMILES string of the molecule is CCS(=O)(=O)N[C@@H]1[C@H](Cc2cccc(-c3cc(F)cc(F)c3)c2F)N(C(=O)[C@H]2CCCO2)CC1(F)F. The molecule has 2 aliphatic rings. The Labute approximate surface area is 205 Å². The number of hydrogen-bond donors (Lipinski definition) is 1. The minimum absolute atomic E-state index is 0.0980. The molecule has 3 atom stereocenters. The fourth-order valence-corrected chi connectivity index (χ4v) is 5.55. The van der Waals surface area contributed by atoms with Crippen molar-refractivity contribution in [2.45, 2.75) is 50.3 Å². The maximum Gasteiger partial charge on any atom is 0.283 e. The second kappa shape index (κ2) is 10.1. The Balaban J connectivity index is 1.74. The van der Waals surface area contributed by atoms with E-state index < -0.39 is 76.2 Å². The first-order valence-corrected chi connectivity index (χ1v) is 13.1. The number of nitrogens with one attached hydrogen (secondary N) is 1. The summed E-state index contributed by atoms with van der Waals surface area (Å²) in [5, 5.41) is 0. The zero-order valence-corrected chi connectivity index (χ0v) is 20.1. The zero-order chi connectivity index (χ0) is 26.3. The third-order valence-corrected chi connectivity index (χ3v) is 7.85. The van der Waals surface area contributed by atoms with Gasteiger partial charge in [-0.3, -0.25) is 4.79 Å². The molecule has 6 nitrogen and oxygen atoms in total. The number of benzene rings is 2. The Morgan fingerprint density at radius 3 is 2.47 bits per heavy atom. The largest absolute Gasteiger partial charge is 0.368 e. The van der Waals surface area contributed by atoms with Crippen LogP contribution in [0.5, 0.6) is 0 Å². The van der Waals surface area contributed by atoms with Crippen molar-refractivity contribution in [3.05, 3.63) is 59.4 Å². The minimum atomic E-state index is -4.11. The molecule has 2 aromatic carbocycles. The van der Waals surface area contributed by atoms with E-state index in [1.54, 1.807) is 0 Å². The van der Waals surface area contributed by atoms with Gasteiger partial charge in [0.1, 0.15) is 29.6 Å². The molecule has 2 aromatic rings. The van der Waals surface area contributed by atoms with E-state index in [0.29, 0.717) is 18.9 Å². The molecule has 2 heterocycles. The van der Waals surface area contributed by atoms with Gasteiger partial charge in [-0.05, 0) is 49.4 Å². The van der Waals surface area contributed by atoms with Crippen molar-refractivity contribution in [2.75, 3.05) is 18.9 Å². The summed E-state index contributed by atoms with van der Waals surface area (Å²) < 4.78 is 105. The van der Waals surface area contributed by atoms with Crippen molar-refractivity contribution >= 4 is 15.9 Å². The molecule has 2 aliphatic heterocycles. The van der Waals surface area contributed by atoms with Crippen LogP contribution in [-0.2, 0) is 26.0 Å². The summed E-state index contributed by atoms with van der Waals surface area (Å²) >= 11 is 0. The van der Waals surface area contributed by atoms with Gasteiger partial charge >= 0.3 is 0 Å². The fraction of sp³-hybridized carbons (Fsp3) is 0.458. The van der Waals surface area contributed by atoms with Gasteiger partial charge in [0.2, 0.25) is 10.0 Å². The molecule has 0 aromatic heterocycles. The molecule has 36 heavy (non-hydrogen) atoms. The van der Waals surface area contributed by atoms with Gasteiger partial charge in [0.05, 0.1) is 18.3 Å². The van der Waals surface area contributed by atoms with E-state index in [4.69, 9.17) is 4.74 Å². The van der Waals surface area contributed by atoms with Crippen molar-refractivity contribution < 1.29 is 39.9 Å². The number of halogens is 5. The number of alkyl halides is 2. The smallest absolute Gasteiger partial charge is 0.283 e. The Hall–Kier alpha value is -2.57. The van der Waals surface area contributed by atoms with Gasteiger partial charge in [0.15, 0.2) is 0 Å². The maximum absolute atomic E-state index is 15.5. The number of likely N-dealkylation sites (tertiary alicyclic amines) is 1. The predicted octanol–water partition coefficient (Wildman–Crippen LogP) is 3.65. The molecule has 1 amide bonds. The van der Waals surface area contributed by atoms with Crippen LogP contribution in [-0.4, -0.2) is 62.2 Å². The van der Waals surface area contributed by atoms with Crippen molar-refractivity contribution in [2.24, 2.45) is 0 Å². The molecule has 0 spiro atoms. The molecule has 2 saturated heterocycles. The van der Waals surface area contributed by atoms with E-state index in [0.717, 1.165) is 17.0 Å². The quantitative estimate of drug-likeness (QED) is 0.553. The number of rotatable bonds is 7. The second-order valence-electron chi connectivity index (χ2n) is 8.94. The zero-order valence-electron chi connectivity index (χ0n) is 19.3. The van der Waals surface area contributed by atoms with Crippen LogP contribution in [0.2, 0.25) is 0 Å². The summed E-state index contributed by atoms with van der Waals surface area (Å²) in [6.45, 7) is 0.503. The van der Waals surface area contributed by atoms with Gasteiger partial charge in [0, 0.05) is 18.2 Å². The number of hydrogen-bond acceptors (Lipinski definition) is 4. The van der Waals surface area contributed by atoms with Crippen LogP contribution < -0.4 is 4.72 Å². The highest BCUT2D eigenvalue weighted by molar-refractivity contribution is 7.89. The van der Waals surface area contributed by atoms with Gasteiger partial charge in [-0.1, -0.05) is 18.2 Å². The lowest BCUT2D eigenvalue weighted by Gasteiger charge is -2.30. The topological polar surface area (TPSA) is 75.7 Å². The van der Waals surface area contributed by atoms with E-state index >= 15 is 13.2 Å². The highest BCUT2D eigenvalue weighted by Gasteiger charge is 2.57. The van der Waals surface area contributed by atoms with Crippen LogP contribution in [0.4, 0.5) is 22.0 Å².